The average Bonchev–Trinajstić information content (AvgIpc) is 2.40. The second kappa shape index (κ2) is 7.52. The van der Waals surface area contributed by atoms with Gasteiger partial charge in [0, 0.05) is 11.6 Å². The first-order chi connectivity index (χ1) is 9.77. The van der Waals surface area contributed by atoms with E-state index in [0.29, 0.717) is 0 Å². The second-order valence-electron chi connectivity index (χ2n) is 4.69. The molecule has 0 unspecified atom stereocenters. The molecule has 116 valence electrons. The van der Waals surface area contributed by atoms with Crippen molar-refractivity contribution in [2.24, 2.45) is 0 Å². The fourth-order valence-electron chi connectivity index (χ4n) is 1.71. The lowest BCUT2D eigenvalue weighted by Gasteiger charge is -2.26. The molecular formula is C14H18Cl2N2O3. The molecule has 0 radical (unpaired) electrons. The highest BCUT2D eigenvalue weighted by Gasteiger charge is 2.23. The lowest BCUT2D eigenvalue weighted by molar-refractivity contribution is -0.144. The Labute approximate surface area is 133 Å². The van der Waals surface area contributed by atoms with Crippen molar-refractivity contribution in [3.05, 3.63) is 27.7 Å². The molecule has 0 aliphatic rings. The van der Waals surface area contributed by atoms with E-state index in [-0.39, 0.29) is 46.4 Å². The number of amides is 1. The number of carbonyl (C=O) groups is 2. The van der Waals surface area contributed by atoms with Gasteiger partial charge in [-0.2, -0.15) is 0 Å². The van der Waals surface area contributed by atoms with Gasteiger partial charge in [-0.3, -0.25) is 9.59 Å². The zero-order chi connectivity index (χ0) is 16.2. The molecule has 0 bridgehead atoms. The van der Waals surface area contributed by atoms with Gasteiger partial charge in [0.1, 0.15) is 6.54 Å². The van der Waals surface area contributed by atoms with Crippen molar-refractivity contribution in [1.82, 2.24) is 4.90 Å². The first-order valence-corrected chi connectivity index (χ1v) is 7.24. The molecule has 0 aromatic heterocycles. The molecule has 0 atom stereocenters. The summed E-state index contributed by atoms with van der Waals surface area (Å²) in [4.78, 5) is 25.5. The van der Waals surface area contributed by atoms with E-state index in [4.69, 9.17) is 33.7 Å². The van der Waals surface area contributed by atoms with Crippen molar-refractivity contribution < 1.29 is 14.3 Å². The number of halogens is 2. The third kappa shape index (κ3) is 4.51. The monoisotopic (exact) mass is 332 g/mol. The van der Waals surface area contributed by atoms with Gasteiger partial charge in [-0.15, -0.1) is 0 Å². The largest absolute Gasteiger partial charge is 0.465 e. The molecule has 1 aromatic carbocycles. The molecule has 0 aliphatic carbocycles. The summed E-state index contributed by atoms with van der Waals surface area (Å²) in [5, 5.41) is 0.399. The Morgan fingerprint density at radius 2 is 1.81 bits per heavy atom. The Morgan fingerprint density at radius 1 is 1.29 bits per heavy atom. The van der Waals surface area contributed by atoms with E-state index in [2.05, 4.69) is 0 Å². The first-order valence-electron chi connectivity index (χ1n) is 6.49. The van der Waals surface area contributed by atoms with Crippen molar-refractivity contribution in [2.75, 3.05) is 18.9 Å². The summed E-state index contributed by atoms with van der Waals surface area (Å²) in [6.45, 7) is 5.44. The van der Waals surface area contributed by atoms with Crippen LogP contribution in [-0.4, -0.2) is 36.0 Å². The summed E-state index contributed by atoms with van der Waals surface area (Å²) in [6, 6.07) is 2.69. The quantitative estimate of drug-likeness (QED) is 0.664. The topological polar surface area (TPSA) is 72.6 Å². The van der Waals surface area contributed by atoms with Crippen molar-refractivity contribution in [3.8, 4) is 0 Å². The number of ether oxygens (including phenoxy) is 1. The Hall–Kier alpha value is -1.46. The fourth-order valence-corrected chi connectivity index (χ4v) is 2.20. The molecule has 0 aliphatic heterocycles. The van der Waals surface area contributed by atoms with Gasteiger partial charge in [0.15, 0.2) is 0 Å². The molecule has 0 saturated carbocycles. The average molecular weight is 333 g/mol. The number of anilines is 1. The SMILES string of the molecule is CCOC(=O)CN(C(=O)c1cc(Cl)c(N)c(Cl)c1)C(C)C. The highest BCUT2D eigenvalue weighted by molar-refractivity contribution is 6.39. The minimum Gasteiger partial charge on any atom is -0.465 e. The molecule has 0 fully saturated rings. The summed E-state index contributed by atoms with van der Waals surface area (Å²) in [5.74, 6) is -0.825. The van der Waals surface area contributed by atoms with Crippen molar-refractivity contribution in [3.63, 3.8) is 0 Å². The van der Waals surface area contributed by atoms with Crippen LogP contribution in [0.25, 0.3) is 0 Å². The van der Waals surface area contributed by atoms with Gasteiger partial charge < -0.3 is 15.4 Å². The van der Waals surface area contributed by atoms with Crippen LogP contribution >= 0.6 is 23.2 Å². The van der Waals surface area contributed by atoms with E-state index < -0.39 is 5.97 Å². The molecule has 0 heterocycles. The number of nitrogens with zero attached hydrogens (tertiary/aromatic N) is 1. The van der Waals surface area contributed by atoms with Crippen LogP contribution < -0.4 is 5.73 Å². The smallest absolute Gasteiger partial charge is 0.325 e. The van der Waals surface area contributed by atoms with Gasteiger partial charge in [0.25, 0.3) is 5.91 Å². The summed E-state index contributed by atoms with van der Waals surface area (Å²) in [5.41, 5.74) is 6.14. The molecule has 2 N–H and O–H groups in total. The number of hydrogen-bond acceptors (Lipinski definition) is 4. The third-order valence-electron chi connectivity index (χ3n) is 2.81. The van der Waals surface area contributed by atoms with Crippen molar-refractivity contribution in [2.45, 2.75) is 26.8 Å². The number of rotatable bonds is 5. The lowest BCUT2D eigenvalue weighted by Crippen LogP contribution is -2.41. The summed E-state index contributed by atoms with van der Waals surface area (Å²) >= 11 is 11.9. The van der Waals surface area contributed by atoms with Crippen LogP contribution in [0, 0.1) is 0 Å². The van der Waals surface area contributed by atoms with Gasteiger partial charge in [0.2, 0.25) is 0 Å². The highest BCUT2D eigenvalue weighted by atomic mass is 35.5. The lowest BCUT2D eigenvalue weighted by atomic mass is 10.1. The molecule has 0 saturated heterocycles. The molecule has 1 amide bonds. The van der Waals surface area contributed by atoms with E-state index in [1.807, 2.05) is 0 Å². The maximum Gasteiger partial charge on any atom is 0.325 e. The molecule has 0 spiro atoms. The fraction of sp³-hybridized carbons (Fsp3) is 0.429. The maximum absolute atomic E-state index is 12.5. The molecular weight excluding hydrogens is 315 g/mol. The first kappa shape index (κ1) is 17.6. The normalized spacial score (nSPS) is 10.6. The van der Waals surface area contributed by atoms with Crippen LogP contribution in [0.1, 0.15) is 31.1 Å². The zero-order valence-electron chi connectivity index (χ0n) is 12.2. The molecule has 1 rings (SSSR count). The van der Waals surface area contributed by atoms with Crippen molar-refractivity contribution in [1.29, 1.82) is 0 Å². The predicted octanol–water partition coefficient (Wildman–Crippen LogP) is 2.99. The van der Waals surface area contributed by atoms with Crippen molar-refractivity contribution >= 4 is 40.8 Å². The van der Waals surface area contributed by atoms with Gasteiger partial charge >= 0.3 is 5.97 Å². The number of hydrogen-bond donors (Lipinski definition) is 1. The second-order valence-corrected chi connectivity index (χ2v) is 5.50. The van der Waals surface area contributed by atoms with Crippen LogP contribution in [0.4, 0.5) is 5.69 Å². The van der Waals surface area contributed by atoms with E-state index in [1.54, 1.807) is 20.8 Å². The number of carbonyl (C=O) groups excluding carboxylic acids is 2. The Morgan fingerprint density at radius 3 is 2.24 bits per heavy atom. The Bertz CT molecular complexity index is 524. The Kier molecular flexibility index (Phi) is 6.30. The molecule has 1 aromatic rings. The number of nitrogens with two attached hydrogens (primary N) is 1. The van der Waals surface area contributed by atoms with E-state index in [1.165, 1.54) is 17.0 Å². The Balaban J connectivity index is 3.04. The van der Waals surface area contributed by atoms with Crippen LogP contribution in [-0.2, 0) is 9.53 Å². The van der Waals surface area contributed by atoms with Crippen LogP contribution in [0.5, 0.6) is 0 Å². The minimum atomic E-state index is -0.466. The number of benzene rings is 1. The number of esters is 1. The van der Waals surface area contributed by atoms with Gasteiger partial charge in [-0.25, -0.2) is 0 Å². The zero-order valence-corrected chi connectivity index (χ0v) is 13.7. The summed E-state index contributed by atoms with van der Waals surface area (Å²) in [7, 11) is 0. The van der Waals surface area contributed by atoms with Gasteiger partial charge in [-0.05, 0) is 32.9 Å². The molecule has 7 heteroatoms. The van der Waals surface area contributed by atoms with E-state index in [0.717, 1.165) is 0 Å². The van der Waals surface area contributed by atoms with E-state index in [9.17, 15) is 9.59 Å². The van der Waals surface area contributed by atoms with E-state index >= 15 is 0 Å². The van der Waals surface area contributed by atoms with Crippen LogP contribution in [0.15, 0.2) is 12.1 Å². The standard InChI is InChI=1S/C14H18Cl2N2O3/c1-4-21-12(19)7-18(8(2)3)14(20)9-5-10(15)13(17)11(16)6-9/h5-6,8H,4,7,17H2,1-3H3. The summed E-state index contributed by atoms with van der Waals surface area (Å²) in [6.07, 6.45) is 0. The summed E-state index contributed by atoms with van der Waals surface area (Å²) < 4.78 is 4.87. The highest BCUT2D eigenvalue weighted by Crippen LogP contribution is 2.29. The van der Waals surface area contributed by atoms with Gasteiger partial charge in [-0.1, -0.05) is 23.2 Å². The van der Waals surface area contributed by atoms with Gasteiger partial charge in [0.05, 0.1) is 22.3 Å². The minimum absolute atomic E-state index is 0.135. The molecule has 21 heavy (non-hydrogen) atoms. The van der Waals surface area contributed by atoms with Crippen LogP contribution in [0.2, 0.25) is 10.0 Å². The number of nitrogen functional groups attached to an aromatic ring is 1. The predicted molar refractivity (Wildman–Crippen MR) is 83.7 cm³/mol. The van der Waals surface area contributed by atoms with Crippen LogP contribution in [0.3, 0.4) is 0 Å². The molecule has 5 nitrogen and oxygen atoms in total. The maximum atomic E-state index is 12.5. The third-order valence-corrected chi connectivity index (χ3v) is 3.44.